The Bertz CT molecular complexity index is 542. The molecule has 1 unspecified atom stereocenters. The molecule has 1 atom stereocenters. The molecule has 20 heavy (non-hydrogen) atoms. The van der Waals surface area contributed by atoms with Crippen LogP contribution in [0.3, 0.4) is 0 Å². The Hall–Kier alpha value is -0.640. The Labute approximate surface area is 134 Å². The van der Waals surface area contributed by atoms with Crippen LogP contribution in [0.25, 0.3) is 0 Å². The second-order valence-electron chi connectivity index (χ2n) is 5.22. The molecule has 2 rings (SSSR count). The van der Waals surface area contributed by atoms with Gasteiger partial charge in [0.1, 0.15) is 0 Å². The molecule has 2 aromatic rings. The first-order valence-corrected chi connectivity index (χ1v) is 8.76. The smallest absolute Gasteiger partial charge is 0.0701 e. The third-order valence-corrected chi connectivity index (χ3v) is 5.21. The minimum Gasteiger partial charge on any atom is -0.310 e. The van der Waals surface area contributed by atoms with Crippen LogP contribution in [0, 0.1) is 13.8 Å². The summed E-state index contributed by atoms with van der Waals surface area (Å²) in [5.74, 6) is 0. The number of aryl methyl sites for hydroxylation is 2. The maximum absolute atomic E-state index is 3.72. The van der Waals surface area contributed by atoms with Gasteiger partial charge in [-0.05, 0) is 71.6 Å². The molecule has 0 bridgehead atoms. The van der Waals surface area contributed by atoms with Crippen molar-refractivity contribution in [1.29, 1.82) is 0 Å². The summed E-state index contributed by atoms with van der Waals surface area (Å²) in [5.41, 5.74) is 4.23. The van der Waals surface area contributed by atoms with E-state index in [1.54, 1.807) is 0 Å². The van der Waals surface area contributed by atoms with Crippen molar-refractivity contribution in [3.05, 3.63) is 55.7 Å². The van der Waals surface area contributed by atoms with Gasteiger partial charge < -0.3 is 5.32 Å². The van der Waals surface area contributed by atoms with E-state index in [4.69, 9.17) is 0 Å². The van der Waals surface area contributed by atoms with Crippen molar-refractivity contribution in [1.82, 2.24) is 5.32 Å². The fourth-order valence-electron chi connectivity index (χ4n) is 2.63. The van der Waals surface area contributed by atoms with Crippen LogP contribution in [0.1, 0.15) is 41.0 Å². The Balaban J connectivity index is 2.27. The predicted molar refractivity (Wildman–Crippen MR) is 92.7 cm³/mol. The molecule has 1 N–H and O–H groups in total. The molecule has 0 fully saturated rings. The third kappa shape index (κ3) is 3.94. The van der Waals surface area contributed by atoms with Gasteiger partial charge >= 0.3 is 0 Å². The number of halogens is 1. The van der Waals surface area contributed by atoms with E-state index in [-0.39, 0.29) is 0 Å². The van der Waals surface area contributed by atoms with E-state index in [2.05, 4.69) is 72.3 Å². The van der Waals surface area contributed by atoms with Crippen LogP contribution >= 0.6 is 27.3 Å². The molecule has 0 saturated carbocycles. The van der Waals surface area contributed by atoms with Crippen molar-refractivity contribution in [2.24, 2.45) is 0 Å². The fourth-order valence-corrected chi connectivity index (χ4v) is 4.16. The molecule has 1 aromatic heterocycles. The van der Waals surface area contributed by atoms with Gasteiger partial charge in [-0.25, -0.2) is 0 Å². The second-order valence-corrected chi connectivity index (χ2v) is 7.77. The molecule has 0 spiro atoms. The number of thiophene rings is 1. The quantitative estimate of drug-likeness (QED) is 0.733. The summed E-state index contributed by atoms with van der Waals surface area (Å²) in [4.78, 5) is 1.42. The molecule has 1 heterocycles. The van der Waals surface area contributed by atoms with E-state index in [1.807, 2.05) is 11.3 Å². The lowest BCUT2D eigenvalue weighted by molar-refractivity contribution is 0.528. The third-order valence-electron chi connectivity index (χ3n) is 3.57. The van der Waals surface area contributed by atoms with Crippen LogP contribution in [-0.4, -0.2) is 6.54 Å². The highest BCUT2D eigenvalue weighted by Crippen LogP contribution is 2.29. The molecule has 0 saturated heterocycles. The highest BCUT2D eigenvalue weighted by molar-refractivity contribution is 9.11. The van der Waals surface area contributed by atoms with Crippen LogP contribution in [0.5, 0.6) is 0 Å². The van der Waals surface area contributed by atoms with Gasteiger partial charge in [0.15, 0.2) is 0 Å². The molecule has 0 aliphatic carbocycles. The molecule has 0 radical (unpaired) electrons. The number of nitrogens with one attached hydrogen (secondary N) is 1. The van der Waals surface area contributed by atoms with Gasteiger partial charge in [-0.2, -0.15) is 0 Å². The second kappa shape index (κ2) is 7.39. The van der Waals surface area contributed by atoms with Crippen molar-refractivity contribution < 1.29 is 0 Å². The summed E-state index contributed by atoms with van der Waals surface area (Å²) in [6, 6.07) is 11.3. The normalized spacial score (nSPS) is 12.6. The van der Waals surface area contributed by atoms with E-state index in [0.717, 1.165) is 19.4 Å². The minimum absolute atomic E-state index is 0.404. The zero-order valence-electron chi connectivity index (χ0n) is 12.4. The Morgan fingerprint density at radius 3 is 2.40 bits per heavy atom. The summed E-state index contributed by atoms with van der Waals surface area (Å²) in [7, 11) is 0. The van der Waals surface area contributed by atoms with Gasteiger partial charge in [-0.15, -0.1) is 11.3 Å². The van der Waals surface area contributed by atoms with Crippen LogP contribution in [-0.2, 0) is 6.42 Å². The van der Waals surface area contributed by atoms with Crippen LogP contribution in [0.15, 0.2) is 34.1 Å². The van der Waals surface area contributed by atoms with E-state index in [9.17, 15) is 0 Å². The maximum Gasteiger partial charge on any atom is 0.0701 e. The van der Waals surface area contributed by atoms with Crippen molar-refractivity contribution in [3.63, 3.8) is 0 Å². The number of hydrogen-bond donors (Lipinski definition) is 1. The lowest BCUT2D eigenvalue weighted by Gasteiger charge is -2.22. The molecule has 1 nitrogen and oxygen atoms in total. The van der Waals surface area contributed by atoms with Gasteiger partial charge in [-0.3, -0.25) is 0 Å². The molecule has 0 amide bonds. The zero-order valence-corrected chi connectivity index (χ0v) is 14.8. The predicted octanol–water partition coefficient (Wildman–Crippen LogP) is 5.41. The molecule has 108 valence electrons. The van der Waals surface area contributed by atoms with E-state index < -0.39 is 0 Å². The Morgan fingerprint density at radius 1 is 1.15 bits per heavy atom. The van der Waals surface area contributed by atoms with Gasteiger partial charge in [0.25, 0.3) is 0 Å². The Morgan fingerprint density at radius 2 is 1.85 bits per heavy atom. The first-order valence-electron chi connectivity index (χ1n) is 7.15. The van der Waals surface area contributed by atoms with Crippen LogP contribution < -0.4 is 5.32 Å². The first kappa shape index (κ1) is 15.7. The summed E-state index contributed by atoms with van der Waals surface area (Å²) in [6.07, 6.45) is 2.22. The number of rotatable bonds is 6. The molecular formula is C17H22BrNS. The minimum atomic E-state index is 0.404. The van der Waals surface area contributed by atoms with Gasteiger partial charge in [0.2, 0.25) is 0 Å². The maximum atomic E-state index is 3.72. The van der Waals surface area contributed by atoms with Crippen LogP contribution in [0.4, 0.5) is 0 Å². The number of hydrogen-bond acceptors (Lipinski definition) is 2. The van der Waals surface area contributed by atoms with Gasteiger partial charge in [-0.1, -0.05) is 25.1 Å². The van der Waals surface area contributed by atoms with E-state index in [1.165, 1.54) is 25.4 Å². The van der Waals surface area contributed by atoms with Crippen LogP contribution in [0.2, 0.25) is 0 Å². The molecule has 0 aliphatic rings. The monoisotopic (exact) mass is 351 g/mol. The number of benzene rings is 1. The highest BCUT2D eigenvalue weighted by atomic mass is 79.9. The lowest BCUT2D eigenvalue weighted by Crippen LogP contribution is -2.25. The SMILES string of the molecule is CCCNC(Cc1ccc(Br)s1)c1c(C)cccc1C. The summed E-state index contributed by atoms with van der Waals surface area (Å²) >= 11 is 5.39. The average molecular weight is 352 g/mol. The summed E-state index contributed by atoms with van der Waals surface area (Å²) < 4.78 is 1.21. The first-order chi connectivity index (χ1) is 9.61. The van der Waals surface area contributed by atoms with Crippen molar-refractivity contribution >= 4 is 27.3 Å². The fraction of sp³-hybridized carbons (Fsp3) is 0.412. The van der Waals surface area contributed by atoms with Crippen molar-refractivity contribution in [3.8, 4) is 0 Å². The topological polar surface area (TPSA) is 12.0 Å². The van der Waals surface area contributed by atoms with Crippen molar-refractivity contribution in [2.45, 2.75) is 39.7 Å². The summed E-state index contributed by atoms with van der Waals surface area (Å²) in [5, 5.41) is 3.72. The molecule has 1 aromatic carbocycles. The van der Waals surface area contributed by atoms with E-state index in [0.29, 0.717) is 6.04 Å². The molecule has 3 heteroatoms. The standard InChI is InChI=1S/C17H22BrNS/c1-4-10-19-15(11-14-8-9-16(18)20-14)17-12(2)6-5-7-13(17)3/h5-9,15,19H,4,10-11H2,1-3H3. The van der Waals surface area contributed by atoms with Crippen molar-refractivity contribution in [2.75, 3.05) is 6.54 Å². The highest BCUT2D eigenvalue weighted by Gasteiger charge is 2.16. The zero-order chi connectivity index (χ0) is 14.5. The Kier molecular flexibility index (Phi) is 5.82. The molecule has 0 aliphatic heterocycles. The molecular weight excluding hydrogens is 330 g/mol. The van der Waals surface area contributed by atoms with E-state index >= 15 is 0 Å². The average Bonchev–Trinajstić information content (AvgIpc) is 2.81. The largest absolute Gasteiger partial charge is 0.310 e. The van der Waals surface area contributed by atoms with Gasteiger partial charge in [0, 0.05) is 17.3 Å². The lowest BCUT2D eigenvalue weighted by atomic mass is 9.93. The summed E-state index contributed by atoms with van der Waals surface area (Å²) in [6.45, 7) is 7.71. The van der Waals surface area contributed by atoms with Gasteiger partial charge in [0.05, 0.1) is 3.79 Å².